The zero-order chi connectivity index (χ0) is 11.5. The SMILES string of the molecule is C#CCC(=O)N1CCc2cccc(N)c2C1. The number of terminal acetylenes is 1. The van der Waals surface area contributed by atoms with Crippen molar-refractivity contribution in [2.75, 3.05) is 12.3 Å². The quantitative estimate of drug-likeness (QED) is 0.563. The van der Waals surface area contributed by atoms with Gasteiger partial charge in [0, 0.05) is 18.8 Å². The molecule has 0 spiro atoms. The lowest BCUT2D eigenvalue weighted by Crippen LogP contribution is -2.36. The van der Waals surface area contributed by atoms with Gasteiger partial charge >= 0.3 is 0 Å². The largest absolute Gasteiger partial charge is 0.398 e. The number of carbonyl (C=O) groups is 1. The number of fused-ring (bicyclic) bond motifs is 1. The fraction of sp³-hybridized carbons (Fsp3) is 0.308. The Morgan fingerprint density at radius 1 is 1.56 bits per heavy atom. The molecule has 0 aliphatic carbocycles. The second-order valence-corrected chi connectivity index (χ2v) is 3.93. The van der Waals surface area contributed by atoms with Crippen LogP contribution in [-0.2, 0) is 17.8 Å². The lowest BCUT2D eigenvalue weighted by atomic mass is 9.98. The van der Waals surface area contributed by atoms with Crippen LogP contribution >= 0.6 is 0 Å². The highest BCUT2D eigenvalue weighted by Gasteiger charge is 2.21. The number of carbonyl (C=O) groups excluding carboxylic acids is 1. The number of hydrogen-bond donors (Lipinski definition) is 1. The van der Waals surface area contributed by atoms with E-state index in [0.717, 1.165) is 24.2 Å². The molecule has 1 amide bonds. The predicted octanol–water partition coefficient (Wildman–Crippen LogP) is 1.18. The molecule has 0 fully saturated rings. The van der Waals surface area contributed by atoms with E-state index in [1.165, 1.54) is 5.56 Å². The highest BCUT2D eigenvalue weighted by molar-refractivity contribution is 5.79. The van der Waals surface area contributed by atoms with E-state index in [2.05, 4.69) is 12.0 Å². The van der Waals surface area contributed by atoms with Crippen LogP contribution < -0.4 is 5.73 Å². The first-order chi connectivity index (χ1) is 7.72. The second kappa shape index (κ2) is 4.28. The second-order valence-electron chi connectivity index (χ2n) is 3.93. The van der Waals surface area contributed by atoms with Gasteiger partial charge in [-0.25, -0.2) is 0 Å². The molecule has 0 bridgehead atoms. The number of nitrogens with zero attached hydrogens (tertiary/aromatic N) is 1. The minimum atomic E-state index is 0.0106. The van der Waals surface area contributed by atoms with Crippen molar-refractivity contribution in [2.45, 2.75) is 19.4 Å². The normalized spacial score (nSPS) is 14.1. The zero-order valence-electron chi connectivity index (χ0n) is 9.07. The van der Waals surface area contributed by atoms with E-state index in [4.69, 9.17) is 12.2 Å². The van der Waals surface area contributed by atoms with Crippen molar-refractivity contribution in [2.24, 2.45) is 0 Å². The molecule has 1 aliphatic rings. The summed E-state index contributed by atoms with van der Waals surface area (Å²) < 4.78 is 0. The maximum atomic E-state index is 11.7. The molecular weight excluding hydrogens is 200 g/mol. The van der Waals surface area contributed by atoms with Crippen LogP contribution in [0.2, 0.25) is 0 Å². The molecule has 0 atom stereocenters. The van der Waals surface area contributed by atoms with Crippen LogP contribution in [0, 0.1) is 12.3 Å². The van der Waals surface area contributed by atoms with Gasteiger partial charge in [-0.1, -0.05) is 18.1 Å². The van der Waals surface area contributed by atoms with Crippen LogP contribution in [0.15, 0.2) is 18.2 Å². The zero-order valence-corrected chi connectivity index (χ0v) is 9.07. The molecule has 0 saturated carbocycles. The molecule has 1 aliphatic heterocycles. The van der Waals surface area contributed by atoms with E-state index in [9.17, 15) is 4.79 Å². The van der Waals surface area contributed by atoms with Gasteiger partial charge in [-0.3, -0.25) is 4.79 Å². The number of amides is 1. The Balaban J connectivity index is 2.21. The first kappa shape index (κ1) is 10.6. The van der Waals surface area contributed by atoms with Gasteiger partial charge in [0.2, 0.25) is 5.91 Å². The molecular formula is C13H14N2O. The highest BCUT2D eigenvalue weighted by Crippen LogP contribution is 2.24. The van der Waals surface area contributed by atoms with E-state index >= 15 is 0 Å². The molecule has 0 aromatic heterocycles. The minimum absolute atomic E-state index is 0.0106. The lowest BCUT2D eigenvalue weighted by molar-refractivity contribution is -0.130. The summed E-state index contributed by atoms with van der Waals surface area (Å²) in [5, 5.41) is 0. The fourth-order valence-corrected chi connectivity index (χ4v) is 2.02. The molecule has 1 aromatic rings. The van der Waals surface area contributed by atoms with E-state index in [0.29, 0.717) is 6.54 Å². The monoisotopic (exact) mass is 214 g/mol. The molecule has 2 rings (SSSR count). The third kappa shape index (κ3) is 1.87. The van der Waals surface area contributed by atoms with Crippen molar-refractivity contribution in [1.82, 2.24) is 4.90 Å². The summed E-state index contributed by atoms with van der Waals surface area (Å²) in [5.41, 5.74) is 8.97. The van der Waals surface area contributed by atoms with E-state index < -0.39 is 0 Å². The van der Waals surface area contributed by atoms with Crippen molar-refractivity contribution < 1.29 is 4.79 Å². The maximum absolute atomic E-state index is 11.7. The Kier molecular flexibility index (Phi) is 2.82. The van der Waals surface area contributed by atoms with Gasteiger partial charge < -0.3 is 10.6 Å². The first-order valence-corrected chi connectivity index (χ1v) is 5.30. The molecule has 3 heteroatoms. The number of rotatable bonds is 1. The molecule has 0 radical (unpaired) electrons. The van der Waals surface area contributed by atoms with Crippen LogP contribution in [-0.4, -0.2) is 17.4 Å². The fourth-order valence-electron chi connectivity index (χ4n) is 2.02. The Morgan fingerprint density at radius 3 is 3.12 bits per heavy atom. The molecule has 16 heavy (non-hydrogen) atoms. The molecule has 82 valence electrons. The van der Waals surface area contributed by atoms with Gasteiger partial charge in [0.15, 0.2) is 0 Å². The van der Waals surface area contributed by atoms with Crippen molar-refractivity contribution in [3.05, 3.63) is 29.3 Å². The van der Waals surface area contributed by atoms with Crippen molar-refractivity contribution in [3.63, 3.8) is 0 Å². The number of hydrogen-bond acceptors (Lipinski definition) is 2. The highest BCUT2D eigenvalue weighted by atomic mass is 16.2. The van der Waals surface area contributed by atoms with E-state index in [-0.39, 0.29) is 12.3 Å². The standard InChI is InChI=1S/C13H14N2O/c1-2-4-13(16)15-8-7-10-5-3-6-12(14)11(10)9-15/h1,3,5-6H,4,7-9,14H2. The molecule has 3 nitrogen and oxygen atoms in total. The maximum Gasteiger partial charge on any atom is 0.234 e. The van der Waals surface area contributed by atoms with Crippen molar-refractivity contribution in [3.8, 4) is 12.3 Å². The third-order valence-electron chi connectivity index (χ3n) is 2.92. The summed E-state index contributed by atoms with van der Waals surface area (Å²) in [4.78, 5) is 13.4. The third-order valence-corrected chi connectivity index (χ3v) is 2.92. The Hall–Kier alpha value is -1.95. The molecule has 2 N–H and O–H groups in total. The molecule has 0 saturated heterocycles. The number of nitrogens with two attached hydrogens (primary N) is 1. The minimum Gasteiger partial charge on any atom is -0.398 e. The van der Waals surface area contributed by atoms with Gasteiger partial charge in [0.25, 0.3) is 0 Å². The van der Waals surface area contributed by atoms with Gasteiger partial charge in [-0.2, -0.15) is 0 Å². The van der Waals surface area contributed by atoms with Gasteiger partial charge in [0.1, 0.15) is 0 Å². The van der Waals surface area contributed by atoms with E-state index in [1.54, 1.807) is 4.90 Å². The topological polar surface area (TPSA) is 46.3 Å². The summed E-state index contributed by atoms with van der Waals surface area (Å²) in [5.74, 6) is 2.39. The summed E-state index contributed by atoms with van der Waals surface area (Å²) in [6, 6.07) is 5.88. The van der Waals surface area contributed by atoms with Gasteiger partial charge in [0.05, 0.1) is 6.42 Å². The van der Waals surface area contributed by atoms with Gasteiger partial charge in [-0.05, 0) is 23.6 Å². The van der Waals surface area contributed by atoms with Crippen molar-refractivity contribution in [1.29, 1.82) is 0 Å². The number of nitrogen functional groups attached to an aromatic ring is 1. The van der Waals surface area contributed by atoms with E-state index in [1.807, 2.05) is 12.1 Å². The Morgan fingerprint density at radius 2 is 2.38 bits per heavy atom. The van der Waals surface area contributed by atoms with Crippen LogP contribution in [0.1, 0.15) is 17.5 Å². The van der Waals surface area contributed by atoms with Gasteiger partial charge in [-0.15, -0.1) is 6.42 Å². The summed E-state index contributed by atoms with van der Waals surface area (Å²) in [6.45, 7) is 1.32. The average Bonchev–Trinajstić information content (AvgIpc) is 2.29. The van der Waals surface area contributed by atoms with Crippen LogP contribution in [0.5, 0.6) is 0 Å². The molecule has 1 heterocycles. The summed E-state index contributed by atoms with van der Waals surface area (Å²) >= 11 is 0. The van der Waals surface area contributed by atoms with Crippen LogP contribution in [0.25, 0.3) is 0 Å². The molecule has 1 aromatic carbocycles. The van der Waals surface area contributed by atoms with Crippen molar-refractivity contribution >= 4 is 11.6 Å². The number of anilines is 1. The number of benzene rings is 1. The molecule has 0 unspecified atom stereocenters. The Bertz CT molecular complexity index is 459. The first-order valence-electron chi connectivity index (χ1n) is 5.30. The van der Waals surface area contributed by atoms with Crippen LogP contribution in [0.4, 0.5) is 5.69 Å². The predicted molar refractivity (Wildman–Crippen MR) is 63.4 cm³/mol. The smallest absolute Gasteiger partial charge is 0.234 e. The average molecular weight is 214 g/mol. The summed E-state index contributed by atoms with van der Waals surface area (Å²) in [6.07, 6.45) is 6.16. The lowest BCUT2D eigenvalue weighted by Gasteiger charge is -2.29. The van der Waals surface area contributed by atoms with Crippen LogP contribution in [0.3, 0.4) is 0 Å². The summed E-state index contributed by atoms with van der Waals surface area (Å²) in [7, 11) is 0. The Labute approximate surface area is 95.2 Å².